The summed E-state index contributed by atoms with van der Waals surface area (Å²) in [5, 5.41) is 17.1. The Balaban J connectivity index is 1.83. The summed E-state index contributed by atoms with van der Waals surface area (Å²) in [7, 11) is 0. The molecule has 0 unspecified atom stereocenters. The lowest BCUT2D eigenvalue weighted by atomic mass is 10.2. The maximum absolute atomic E-state index is 11.3. The van der Waals surface area contributed by atoms with Crippen LogP contribution in [0.2, 0.25) is 0 Å². The van der Waals surface area contributed by atoms with Crippen molar-refractivity contribution in [1.29, 1.82) is 0 Å². The molecule has 0 aliphatic carbocycles. The molecule has 0 atom stereocenters. The second-order valence-electron chi connectivity index (χ2n) is 5.59. The van der Waals surface area contributed by atoms with Gasteiger partial charge in [0.25, 0.3) is 0 Å². The highest BCUT2D eigenvalue weighted by Gasteiger charge is 2.17. The number of rotatable bonds is 7. The lowest BCUT2D eigenvalue weighted by Gasteiger charge is -2.09. The van der Waals surface area contributed by atoms with Gasteiger partial charge in [-0.25, -0.2) is 4.98 Å². The van der Waals surface area contributed by atoms with Gasteiger partial charge in [0.15, 0.2) is 0 Å². The predicted octanol–water partition coefficient (Wildman–Crippen LogP) is 2.84. The van der Waals surface area contributed by atoms with Crippen LogP contribution in [0, 0.1) is 10.1 Å². The van der Waals surface area contributed by atoms with Crippen LogP contribution in [0.15, 0.2) is 60.8 Å². The number of hydrogen-bond donors (Lipinski definition) is 3. The highest BCUT2D eigenvalue weighted by molar-refractivity contribution is 5.93. The van der Waals surface area contributed by atoms with Gasteiger partial charge in [0.2, 0.25) is 17.7 Å². The molecule has 0 saturated carbocycles. The average molecular weight is 364 g/mol. The lowest BCUT2D eigenvalue weighted by molar-refractivity contribution is -0.384. The number of carbonyl (C=O) groups excluding carboxylic acids is 1. The molecule has 2 aromatic carbocycles. The van der Waals surface area contributed by atoms with E-state index in [2.05, 4.69) is 20.6 Å². The number of carbonyl (C=O) groups is 1. The summed E-state index contributed by atoms with van der Waals surface area (Å²) in [6.45, 7) is 0.370. The first-order valence-electron chi connectivity index (χ1n) is 7.99. The van der Waals surface area contributed by atoms with Gasteiger partial charge in [-0.05, 0) is 23.8 Å². The molecular weight excluding hydrogens is 348 g/mol. The van der Waals surface area contributed by atoms with E-state index in [1.807, 2.05) is 30.3 Å². The topological polar surface area (TPSA) is 136 Å². The van der Waals surface area contributed by atoms with Crippen molar-refractivity contribution in [3.8, 4) is 0 Å². The molecule has 0 aliphatic heterocycles. The minimum Gasteiger partial charge on any atom is -0.366 e. The van der Waals surface area contributed by atoms with Crippen molar-refractivity contribution in [2.75, 3.05) is 10.6 Å². The van der Waals surface area contributed by atoms with Crippen LogP contribution in [-0.2, 0) is 6.54 Å². The van der Waals surface area contributed by atoms with Gasteiger partial charge in [-0.15, -0.1) is 0 Å². The second kappa shape index (κ2) is 7.91. The Hall–Kier alpha value is -4.01. The van der Waals surface area contributed by atoms with E-state index in [9.17, 15) is 14.9 Å². The monoisotopic (exact) mass is 364 g/mol. The molecule has 0 fully saturated rings. The van der Waals surface area contributed by atoms with Crippen LogP contribution >= 0.6 is 0 Å². The molecule has 0 radical (unpaired) electrons. The number of benzene rings is 2. The van der Waals surface area contributed by atoms with Gasteiger partial charge < -0.3 is 16.4 Å². The number of aromatic nitrogens is 2. The van der Waals surface area contributed by atoms with Crippen molar-refractivity contribution in [1.82, 2.24) is 9.97 Å². The number of primary amides is 1. The quantitative estimate of drug-likeness (QED) is 0.433. The SMILES string of the molecule is NC(=O)c1cccc(Nc2ncc([N+](=O)[O-])c(NCc3ccccc3)n2)c1. The number of nitrogens with zero attached hydrogens (tertiary/aromatic N) is 3. The fraction of sp³-hybridized carbons (Fsp3) is 0.0556. The van der Waals surface area contributed by atoms with E-state index in [1.54, 1.807) is 24.3 Å². The first kappa shape index (κ1) is 17.8. The van der Waals surface area contributed by atoms with Crippen LogP contribution in [0.25, 0.3) is 0 Å². The Morgan fingerprint density at radius 3 is 2.63 bits per heavy atom. The van der Waals surface area contributed by atoms with Crippen molar-refractivity contribution < 1.29 is 9.72 Å². The largest absolute Gasteiger partial charge is 0.366 e. The summed E-state index contributed by atoms with van der Waals surface area (Å²) in [4.78, 5) is 30.1. The summed E-state index contributed by atoms with van der Waals surface area (Å²) in [6, 6.07) is 15.9. The molecule has 1 aromatic heterocycles. The Kier molecular flexibility index (Phi) is 5.22. The third kappa shape index (κ3) is 4.54. The molecule has 1 amide bonds. The Bertz CT molecular complexity index is 978. The van der Waals surface area contributed by atoms with Crippen molar-refractivity contribution in [3.63, 3.8) is 0 Å². The molecule has 3 aromatic rings. The maximum Gasteiger partial charge on any atom is 0.329 e. The molecule has 9 nitrogen and oxygen atoms in total. The van der Waals surface area contributed by atoms with Crippen LogP contribution in [0.4, 0.5) is 23.1 Å². The zero-order valence-corrected chi connectivity index (χ0v) is 14.1. The fourth-order valence-electron chi connectivity index (χ4n) is 2.36. The van der Waals surface area contributed by atoms with E-state index in [1.165, 1.54) is 0 Å². The number of amides is 1. The van der Waals surface area contributed by atoms with Gasteiger partial charge in [-0.3, -0.25) is 14.9 Å². The van der Waals surface area contributed by atoms with Crippen LogP contribution in [0.3, 0.4) is 0 Å². The minimum absolute atomic E-state index is 0.0902. The third-order valence-electron chi connectivity index (χ3n) is 3.67. The van der Waals surface area contributed by atoms with Crippen molar-refractivity contribution >= 4 is 29.0 Å². The molecule has 0 saturated heterocycles. The molecule has 3 rings (SSSR count). The van der Waals surface area contributed by atoms with E-state index < -0.39 is 10.8 Å². The van der Waals surface area contributed by atoms with Crippen molar-refractivity contribution in [3.05, 3.63) is 82.0 Å². The molecule has 1 heterocycles. The summed E-state index contributed by atoms with van der Waals surface area (Å²) in [5.41, 5.74) is 6.84. The second-order valence-corrected chi connectivity index (χ2v) is 5.59. The minimum atomic E-state index is -0.562. The van der Waals surface area contributed by atoms with E-state index >= 15 is 0 Å². The number of hydrogen-bond acceptors (Lipinski definition) is 7. The summed E-state index contributed by atoms with van der Waals surface area (Å²) >= 11 is 0. The Morgan fingerprint density at radius 1 is 1.15 bits per heavy atom. The molecule has 0 bridgehead atoms. The lowest BCUT2D eigenvalue weighted by Crippen LogP contribution is -2.11. The smallest absolute Gasteiger partial charge is 0.329 e. The number of nitrogens with two attached hydrogens (primary N) is 1. The van der Waals surface area contributed by atoms with Crippen molar-refractivity contribution in [2.24, 2.45) is 5.73 Å². The number of nitrogens with one attached hydrogen (secondary N) is 2. The van der Waals surface area contributed by atoms with Crippen molar-refractivity contribution in [2.45, 2.75) is 6.54 Å². The van der Waals surface area contributed by atoms with E-state index in [0.717, 1.165) is 11.8 Å². The van der Waals surface area contributed by atoms with Gasteiger partial charge in [-0.2, -0.15) is 4.98 Å². The van der Waals surface area contributed by atoms with Gasteiger partial charge in [0.05, 0.1) is 4.92 Å². The van der Waals surface area contributed by atoms with E-state index in [0.29, 0.717) is 17.8 Å². The highest BCUT2D eigenvalue weighted by Crippen LogP contribution is 2.24. The first-order valence-corrected chi connectivity index (χ1v) is 7.99. The highest BCUT2D eigenvalue weighted by atomic mass is 16.6. The zero-order chi connectivity index (χ0) is 19.2. The third-order valence-corrected chi connectivity index (χ3v) is 3.67. The molecule has 0 aliphatic rings. The fourth-order valence-corrected chi connectivity index (χ4v) is 2.36. The van der Waals surface area contributed by atoms with Crippen LogP contribution in [0.5, 0.6) is 0 Å². The molecular formula is C18H16N6O3. The van der Waals surface area contributed by atoms with Gasteiger partial charge >= 0.3 is 5.69 Å². The van der Waals surface area contributed by atoms with Gasteiger partial charge in [0, 0.05) is 17.8 Å². The van der Waals surface area contributed by atoms with Gasteiger partial charge in [0.1, 0.15) is 6.20 Å². The summed E-state index contributed by atoms with van der Waals surface area (Å²) < 4.78 is 0. The zero-order valence-electron chi connectivity index (χ0n) is 14.1. The normalized spacial score (nSPS) is 10.2. The number of nitro groups is 1. The summed E-state index contributed by atoms with van der Waals surface area (Å²) in [5.74, 6) is -0.321. The van der Waals surface area contributed by atoms with E-state index in [4.69, 9.17) is 5.73 Å². The summed E-state index contributed by atoms with van der Waals surface area (Å²) in [6.07, 6.45) is 1.13. The molecule has 0 spiro atoms. The molecule has 9 heteroatoms. The van der Waals surface area contributed by atoms with Crippen LogP contribution in [0.1, 0.15) is 15.9 Å². The Labute approximate surface area is 154 Å². The van der Waals surface area contributed by atoms with Crippen LogP contribution in [-0.4, -0.2) is 20.8 Å². The maximum atomic E-state index is 11.3. The molecule has 27 heavy (non-hydrogen) atoms. The number of anilines is 3. The molecule has 4 N–H and O–H groups in total. The molecule has 136 valence electrons. The van der Waals surface area contributed by atoms with E-state index in [-0.39, 0.29) is 17.5 Å². The van der Waals surface area contributed by atoms with Gasteiger partial charge in [-0.1, -0.05) is 36.4 Å². The standard InChI is InChI=1S/C18H16N6O3/c19-16(25)13-7-4-8-14(9-13)22-18-21-11-15(24(26)27)17(23-18)20-10-12-5-2-1-3-6-12/h1-9,11H,10H2,(H2,19,25)(H2,20,21,22,23). The Morgan fingerprint density at radius 2 is 1.93 bits per heavy atom. The average Bonchev–Trinajstić information content (AvgIpc) is 2.67. The predicted molar refractivity (Wildman–Crippen MR) is 101 cm³/mol. The first-order chi connectivity index (χ1) is 13.0. The van der Waals surface area contributed by atoms with Crippen LogP contribution < -0.4 is 16.4 Å².